The van der Waals surface area contributed by atoms with Crippen LogP contribution in [-0.4, -0.2) is 0 Å². The summed E-state index contributed by atoms with van der Waals surface area (Å²) in [4.78, 5) is 2.31. The molecule has 158 valence electrons. The third kappa shape index (κ3) is 3.08. The quantitative estimate of drug-likeness (QED) is 0.280. The molecule has 1 aliphatic rings. The molecule has 0 unspecified atom stereocenters. The highest BCUT2D eigenvalue weighted by Gasteiger charge is 2.40. The Morgan fingerprint density at radius 1 is 0.424 bits per heavy atom. The van der Waals surface area contributed by atoms with Crippen LogP contribution in [0, 0.1) is 0 Å². The summed E-state index contributed by atoms with van der Waals surface area (Å²) >= 11 is 0. The molecular weight excluding hydrogens is 398 g/mol. The highest BCUT2D eigenvalue weighted by molar-refractivity contribution is 5.83. The molecule has 1 nitrogen and oxygen atoms in total. The van der Waals surface area contributed by atoms with Gasteiger partial charge < -0.3 is 4.90 Å². The number of benzene rings is 5. The Morgan fingerprint density at radius 3 is 1.30 bits per heavy atom. The standard InChI is InChI=1S/C32H25N/c1-32(30-18-10-8-16-28(30)29-17-9-11-19-31(29)32)24-20-22-27(23-21-24)33(25-12-4-2-5-13-25)26-14-6-3-7-15-26/h2-23H,1H3. The summed E-state index contributed by atoms with van der Waals surface area (Å²) in [5.41, 5.74) is 10.0. The first-order valence-electron chi connectivity index (χ1n) is 11.5. The molecule has 1 heteroatoms. The molecule has 5 aromatic rings. The van der Waals surface area contributed by atoms with E-state index in [9.17, 15) is 0 Å². The number of hydrogen-bond acceptors (Lipinski definition) is 1. The van der Waals surface area contributed by atoms with Crippen molar-refractivity contribution < 1.29 is 0 Å². The molecule has 5 aromatic carbocycles. The predicted octanol–water partition coefficient (Wildman–Crippen LogP) is 8.49. The fourth-order valence-corrected chi connectivity index (χ4v) is 5.31. The summed E-state index contributed by atoms with van der Waals surface area (Å²) in [6.07, 6.45) is 0. The monoisotopic (exact) mass is 423 g/mol. The zero-order chi connectivity index (χ0) is 22.3. The Hall–Kier alpha value is -4.10. The lowest BCUT2D eigenvalue weighted by molar-refractivity contribution is 0.714. The van der Waals surface area contributed by atoms with E-state index < -0.39 is 0 Å². The molecule has 0 aliphatic heterocycles. The van der Waals surface area contributed by atoms with Crippen LogP contribution in [0.3, 0.4) is 0 Å². The molecule has 6 rings (SSSR count). The van der Waals surface area contributed by atoms with Gasteiger partial charge in [-0.3, -0.25) is 0 Å². The van der Waals surface area contributed by atoms with Gasteiger partial charge in [-0.05, 0) is 71.1 Å². The maximum atomic E-state index is 2.36. The van der Waals surface area contributed by atoms with Crippen molar-refractivity contribution >= 4 is 17.1 Å². The Bertz CT molecular complexity index is 1320. The molecule has 0 atom stereocenters. The summed E-state index contributed by atoms with van der Waals surface area (Å²) in [5.74, 6) is 0. The summed E-state index contributed by atoms with van der Waals surface area (Å²) in [5, 5.41) is 0. The van der Waals surface area contributed by atoms with Crippen molar-refractivity contribution in [1.82, 2.24) is 0 Å². The van der Waals surface area contributed by atoms with Gasteiger partial charge in [0.25, 0.3) is 0 Å². The van der Waals surface area contributed by atoms with Gasteiger partial charge in [0.2, 0.25) is 0 Å². The molecule has 0 radical (unpaired) electrons. The first-order valence-corrected chi connectivity index (χ1v) is 11.5. The van der Waals surface area contributed by atoms with Gasteiger partial charge >= 0.3 is 0 Å². The van der Waals surface area contributed by atoms with E-state index in [0.29, 0.717) is 0 Å². The van der Waals surface area contributed by atoms with Crippen LogP contribution >= 0.6 is 0 Å². The summed E-state index contributed by atoms with van der Waals surface area (Å²) in [6, 6.07) is 47.9. The van der Waals surface area contributed by atoms with Crippen molar-refractivity contribution in [1.29, 1.82) is 0 Å². The fourth-order valence-electron chi connectivity index (χ4n) is 5.31. The maximum Gasteiger partial charge on any atom is 0.0461 e. The lowest BCUT2D eigenvalue weighted by Crippen LogP contribution is -2.22. The highest BCUT2D eigenvalue weighted by atomic mass is 15.1. The van der Waals surface area contributed by atoms with E-state index in [0.717, 1.165) is 17.1 Å². The van der Waals surface area contributed by atoms with Gasteiger partial charge in [-0.2, -0.15) is 0 Å². The zero-order valence-corrected chi connectivity index (χ0v) is 18.6. The second-order valence-electron chi connectivity index (χ2n) is 8.77. The van der Waals surface area contributed by atoms with Crippen LogP contribution in [0.2, 0.25) is 0 Å². The molecule has 1 aliphatic carbocycles. The van der Waals surface area contributed by atoms with Gasteiger partial charge in [-0.25, -0.2) is 0 Å². The molecular formula is C32H25N. The Labute approximate surface area is 195 Å². The van der Waals surface area contributed by atoms with Crippen LogP contribution in [0.25, 0.3) is 11.1 Å². The van der Waals surface area contributed by atoms with Gasteiger partial charge in [0.1, 0.15) is 0 Å². The average molecular weight is 424 g/mol. The van der Waals surface area contributed by atoms with Crippen LogP contribution in [0.5, 0.6) is 0 Å². The van der Waals surface area contributed by atoms with E-state index in [1.165, 1.54) is 27.8 Å². The Morgan fingerprint density at radius 2 is 0.818 bits per heavy atom. The van der Waals surface area contributed by atoms with E-state index in [1.54, 1.807) is 0 Å². The van der Waals surface area contributed by atoms with Crippen molar-refractivity contribution in [2.24, 2.45) is 0 Å². The van der Waals surface area contributed by atoms with E-state index in [1.807, 2.05) is 0 Å². The van der Waals surface area contributed by atoms with E-state index >= 15 is 0 Å². The minimum atomic E-state index is -0.171. The van der Waals surface area contributed by atoms with Crippen LogP contribution in [0.1, 0.15) is 23.6 Å². The molecule has 0 aromatic heterocycles. The second kappa shape index (κ2) is 7.79. The van der Waals surface area contributed by atoms with Crippen LogP contribution in [0.15, 0.2) is 133 Å². The third-order valence-corrected chi connectivity index (χ3v) is 6.95. The number of hydrogen-bond donors (Lipinski definition) is 0. The van der Waals surface area contributed by atoms with Crippen LogP contribution in [-0.2, 0) is 5.41 Å². The summed E-state index contributed by atoms with van der Waals surface area (Å²) in [6.45, 7) is 2.36. The molecule has 0 heterocycles. The number of fused-ring (bicyclic) bond motifs is 3. The first kappa shape index (κ1) is 19.6. The normalized spacial score (nSPS) is 13.2. The van der Waals surface area contributed by atoms with Gasteiger partial charge in [0, 0.05) is 22.5 Å². The van der Waals surface area contributed by atoms with Crippen molar-refractivity contribution in [3.63, 3.8) is 0 Å². The Balaban J connectivity index is 1.48. The number of para-hydroxylation sites is 2. The van der Waals surface area contributed by atoms with Crippen molar-refractivity contribution in [3.8, 4) is 11.1 Å². The minimum absolute atomic E-state index is 0.171. The van der Waals surface area contributed by atoms with Crippen LogP contribution in [0.4, 0.5) is 17.1 Å². The minimum Gasteiger partial charge on any atom is -0.311 e. The van der Waals surface area contributed by atoms with Gasteiger partial charge in [0.15, 0.2) is 0 Å². The van der Waals surface area contributed by atoms with Crippen molar-refractivity contribution in [2.45, 2.75) is 12.3 Å². The zero-order valence-electron chi connectivity index (χ0n) is 18.6. The predicted molar refractivity (Wildman–Crippen MR) is 139 cm³/mol. The molecule has 0 bridgehead atoms. The SMILES string of the molecule is CC1(c2ccc(N(c3ccccc3)c3ccccc3)cc2)c2ccccc2-c2ccccc21. The molecule has 33 heavy (non-hydrogen) atoms. The smallest absolute Gasteiger partial charge is 0.0461 e. The van der Waals surface area contributed by atoms with Crippen LogP contribution < -0.4 is 4.90 Å². The largest absolute Gasteiger partial charge is 0.311 e. The summed E-state index contributed by atoms with van der Waals surface area (Å²) in [7, 11) is 0. The fraction of sp³-hybridized carbons (Fsp3) is 0.0625. The third-order valence-electron chi connectivity index (χ3n) is 6.95. The van der Waals surface area contributed by atoms with E-state index in [-0.39, 0.29) is 5.41 Å². The average Bonchev–Trinajstić information content (AvgIpc) is 3.16. The highest BCUT2D eigenvalue weighted by Crippen LogP contribution is 2.52. The Kier molecular flexibility index (Phi) is 4.62. The summed E-state index contributed by atoms with van der Waals surface area (Å²) < 4.78 is 0. The number of anilines is 3. The molecule has 0 fully saturated rings. The van der Waals surface area contributed by atoms with E-state index in [4.69, 9.17) is 0 Å². The van der Waals surface area contributed by atoms with Crippen molar-refractivity contribution in [3.05, 3.63) is 150 Å². The van der Waals surface area contributed by atoms with Gasteiger partial charge in [0.05, 0.1) is 0 Å². The lowest BCUT2D eigenvalue weighted by Gasteiger charge is -2.30. The van der Waals surface area contributed by atoms with E-state index in [2.05, 4.69) is 145 Å². The molecule has 0 saturated heterocycles. The topological polar surface area (TPSA) is 3.24 Å². The van der Waals surface area contributed by atoms with Crippen molar-refractivity contribution in [2.75, 3.05) is 4.90 Å². The maximum absolute atomic E-state index is 2.36. The molecule has 0 N–H and O–H groups in total. The molecule has 0 amide bonds. The van der Waals surface area contributed by atoms with Gasteiger partial charge in [-0.15, -0.1) is 0 Å². The number of rotatable bonds is 4. The van der Waals surface area contributed by atoms with Gasteiger partial charge in [-0.1, -0.05) is 97.1 Å². The first-order chi connectivity index (χ1) is 16.3. The second-order valence-corrected chi connectivity index (χ2v) is 8.77. The lowest BCUT2D eigenvalue weighted by atomic mass is 9.74. The molecule has 0 saturated carbocycles. The molecule has 0 spiro atoms. The number of nitrogens with zero attached hydrogens (tertiary/aromatic N) is 1.